The average Bonchev–Trinajstić information content (AvgIpc) is 2.96. The predicted octanol–water partition coefficient (Wildman–Crippen LogP) is 3.73. The predicted molar refractivity (Wildman–Crippen MR) is 147 cm³/mol. The molecule has 3 aliphatic heterocycles. The van der Waals surface area contributed by atoms with Crippen molar-refractivity contribution in [3.63, 3.8) is 0 Å². The molecule has 1 saturated heterocycles. The van der Waals surface area contributed by atoms with Gasteiger partial charge in [-0.3, -0.25) is 10.4 Å². The molecule has 9 heteroatoms. The first kappa shape index (κ1) is 25.7. The molecule has 1 aromatic heterocycles. The van der Waals surface area contributed by atoms with Crippen molar-refractivity contribution in [2.24, 2.45) is 0 Å². The molecule has 38 heavy (non-hydrogen) atoms. The Balaban J connectivity index is 1.51. The fourth-order valence-corrected chi connectivity index (χ4v) is 5.63. The number of carbonyl (C=O) groups is 1. The summed E-state index contributed by atoms with van der Waals surface area (Å²) in [5, 5.41) is 25.9. The van der Waals surface area contributed by atoms with Crippen LogP contribution in [0.25, 0.3) is 11.1 Å². The number of benzene rings is 1. The number of fused-ring (bicyclic) bond motifs is 1. The van der Waals surface area contributed by atoms with Crippen LogP contribution in [0.3, 0.4) is 0 Å². The molecule has 3 aliphatic rings. The first-order chi connectivity index (χ1) is 18.5. The van der Waals surface area contributed by atoms with E-state index in [1.165, 1.54) is 0 Å². The monoisotopic (exact) mass is 513 g/mol. The van der Waals surface area contributed by atoms with E-state index in [1.54, 1.807) is 18.1 Å². The van der Waals surface area contributed by atoms with Crippen molar-refractivity contribution in [2.75, 3.05) is 44.8 Å². The number of pyridine rings is 1. The minimum atomic E-state index is -0.136. The van der Waals surface area contributed by atoms with E-state index in [9.17, 15) is 15.5 Å². The molecule has 3 N–H and O–H groups in total. The molecule has 1 fully saturated rings. The third-order valence-electron chi connectivity index (χ3n) is 7.67. The van der Waals surface area contributed by atoms with Gasteiger partial charge in [-0.15, -0.1) is 0 Å². The van der Waals surface area contributed by atoms with Crippen molar-refractivity contribution in [1.29, 1.82) is 10.7 Å². The molecule has 0 atom stereocenters. The zero-order valence-corrected chi connectivity index (χ0v) is 22.1. The summed E-state index contributed by atoms with van der Waals surface area (Å²) < 4.78 is 5.53. The lowest BCUT2D eigenvalue weighted by Crippen LogP contribution is -2.48. The number of carbonyl (C=O) groups excluding carboxylic acids is 1. The first-order valence-corrected chi connectivity index (χ1v) is 13.4. The van der Waals surface area contributed by atoms with Gasteiger partial charge in [-0.25, -0.2) is 4.79 Å². The number of hydrogen-bond donors (Lipinski definition) is 3. The van der Waals surface area contributed by atoms with Crippen LogP contribution < -0.4 is 15.5 Å². The highest BCUT2D eigenvalue weighted by atomic mass is 16.5. The second-order valence-corrected chi connectivity index (χ2v) is 10.1. The summed E-state index contributed by atoms with van der Waals surface area (Å²) in [7, 11) is 1.64. The molecule has 0 unspecified atom stereocenters. The van der Waals surface area contributed by atoms with Gasteiger partial charge in [0, 0.05) is 74.7 Å². The van der Waals surface area contributed by atoms with Crippen molar-refractivity contribution in [2.45, 2.75) is 45.1 Å². The number of urea groups is 1. The lowest BCUT2D eigenvalue weighted by molar-refractivity contribution is 0.0798. The molecule has 198 valence electrons. The summed E-state index contributed by atoms with van der Waals surface area (Å²) in [6.07, 6.45) is 6.10. The summed E-state index contributed by atoms with van der Waals surface area (Å²) in [6.45, 7) is 5.08. The van der Waals surface area contributed by atoms with Crippen molar-refractivity contribution in [3.8, 4) is 17.2 Å². The number of nitrogens with zero attached hydrogens (tertiary/aromatic N) is 4. The Hall–Kier alpha value is -3.90. The molecule has 9 nitrogen and oxygen atoms in total. The minimum absolute atomic E-state index is 0.136. The number of ether oxygens (including phenoxy) is 1. The smallest absolute Gasteiger partial charge is 0.317 e. The summed E-state index contributed by atoms with van der Waals surface area (Å²) in [6, 6.07) is 10.5. The molecule has 4 heterocycles. The highest BCUT2D eigenvalue weighted by Crippen LogP contribution is 2.36. The minimum Gasteiger partial charge on any atom is -0.385 e. The maximum absolute atomic E-state index is 12.5. The number of rotatable bonds is 4. The number of amides is 2. The van der Waals surface area contributed by atoms with Gasteiger partial charge >= 0.3 is 6.03 Å². The molecule has 0 bridgehead atoms. The van der Waals surface area contributed by atoms with E-state index in [2.05, 4.69) is 27.8 Å². The molecule has 0 radical (unpaired) electrons. The van der Waals surface area contributed by atoms with Gasteiger partial charge in [0.15, 0.2) is 0 Å². The van der Waals surface area contributed by atoms with Gasteiger partial charge in [-0.2, -0.15) is 5.26 Å². The van der Waals surface area contributed by atoms with Crippen molar-refractivity contribution in [3.05, 3.63) is 58.6 Å². The Morgan fingerprint density at radius 2 is 2.03 bits per heavy atom. The third-order valence-corrected chi connectivity index (χ3v) is 7.67. The van der Waals surface area contributed by atoms with E-state index in [0.29, 0.717) is 43.5 Å². The number of hydrogen-bond acceptors (Lipinski definition) is 6. The van der Waals surface area contributed by atoms with Crippen LogP contribution in [0, 0.1) is 23.7 Å². The molecule has 2 amide bonds. The Bertz CT molecular complexity index is 1310. The van der Waals surface area contributed by atoms with E-state index in [0.717, 1.165) is 78.2 Å². The number of nitrogens with one attached hydrogen (secondary N) is 3. The zero-order chi connectivity index (χ0) is 26.6. The maximum Gasteiger partial charge on any atom is 0.317 e. The van der Waals surface area contributed by atoms with Gasteiger partial charge in [-0.1, -0.05) is 0 Å². The highest BCUT2D eigenvalue weighted by Gasteiger charge is 2.31. The van der Waals surface area contributed by atoms with Crippen LogP contribution >= 0.6 is 0 Å². The molecule has 1 aromatic carbocycles. The topological polar surface area (TPSA) is 117 Å². The van der Waals surface area contributed by atoms with Crippen LogP contribution in [-0.2, 0) is 11.2 Å². The molecule has 0 spiro atoms. The van der Waals surface area contributed by atoms with Gasteiger partial charge in [0.25, 0.3) is 0 Å². The highest BCUT2D eigenvalue weighted by molar-refractivity contribution is 6.09. The van der Waals surface area contributed by atoms with Crippen LogP contribution in [0.4, 0.5) is 10.5 Å². The second kappa shape index (κ2) is 11.2. The second-order valence-electron chi connectivity index (χ2n) is 10.1. The quantitative estimate of drug-likeness (QED) is 0.424. The molecular formula is C29H35N7O2. The van der Waals surface area contributed by atoms with Crippen molar-refractivity contribution in [1.82, 2.24) is 20.5 Å². The van der Waals surface area contributed by atoms with E-state index >= 15 is 0 Å². The number of aromatic nitrogens is 1. The van der Waals surface area contributed by atoms with E-state index in [1.807, 2.05) is 30.0 Å². The number of amidine groups is 1. The number of nitriles is 1. The van der Waals surface area contributed by atoms with Crippen LogP contribution in [0.2, 0.25) is 0 Å². The van der Waals surface area contributed by atoms with Crippen molar-refractivity contribution >= 4 is 17.6 Å². The first-order valence-electron chi connectivity index (χ1n) is 13.4. The Morgan fingerprint density at radius 3 is 2.76 bits per heavy atom. The summed E-state index contributed by atoms with van der Waals surface area (Å²) >= 11 is 0. The molecular weight excluding hydrogens is 478 g/mol. The Morgan fingerprint density at radius 1 is 1.21 bits per heavy atom. The lowest BCUT2D eigenvalue weighted by Gasteiger charge is -2.38. The van der Waals surface area contributed by atoms with E-state index in [-0.39, 0.29) is 6.03 Å². The van der Waals surface area contributed by atoms with E-state index < -0.39 is 0 Å². The SMILES string of the molecule is CNC(=O)N1CCC(NC2CCOCC2)=C(C(=N)N2CCCc3cc(-c4ccnc(C)c4)c(C#N)cc32)C1. The largest absolute Gasteiger partial charge is 0.385 e. The number of aryl methyl sites for hydroxylation is 2. The van der Waals surface area contributed by atoms with Crippen LogP contribution in [0.1, 0.15) is 42.5 Å². The Labute approximate surface area is 224 Å². The van der Waals surface area contributed by atoms with Gasteiger partial charge in [0.2, 0.25) is 0 Å². The fourth-order valence-electron chi connectivity index (χ4n) is 5.63. The van der Waals surface area contributed by atoms with Gasteiger partial charge in [0.05, 0.1) is 18.2 Å². The molecule has 0 aliphatic carbocycles. The fraction of sp³-hybridized carbons (Fsp3) is 0.448. The third kappa shape index (κ3) is 5.22. The number of anilines is 1. The van der Waals surface area contributed by atoms with Crippen LogP contribution in [-0.4, -0.2) is 67.7 Å². The Kier molecular flexibility index (Phi) is 7.61. The maximum atomic E-state index is 12.5. The standard InChI is InChI=1S/C29H35N7O2/c1-19-14-20(5-9-33-19)24-15-21-4-3-10-36(27(21)16-22(24)17-30)28(31)25-18-35(29(37)32-2)11-6-26(25)34-23-7-12-38-13-8-23/h5,9,14-16,23,31,34H,3-4,6-8,10-13,18H2,1-2H3,(H,32,37). The summed E-state index contributed by atoms with van der Waals surface area (Å²) in [4.78, 5) is 20.6. The van der Waals surface area contributed by atoms with Crippen LogP contribution in [0.5, 0.6) is 0 Å². The van der Waals surface area contributed by atoms with Gasteiger partial charge in [0.1, 0.15) is 5.84 Å². The summed E-state index contributed by atoms with van der Waals surface area (Å²) in [5.74, 6) is 0.394. The summed E-state index contributed by atoms with van der Waals surface area (Å²) in [5.41, 5.74) is 7.27. The van der Waals surface area contributed by atoms with Gasteiger partial charge in [-0.05, 0) is 73.6 Å². The molecule has 5 rings (SSSR count). The lowest BCUT2D eigenvalue weighted by atomic mass is 9.91. The molecule has 0 saturated carbocycles. The van der Waals surface area contributed by atoms with Crippen molar-refractivity contribution < 1.29 is 9.53 Å². The van der Waals surface area contributed by atoms with E-state index in [4.69, 9.17) is 4.74 Å². The van der Waals surface area contributed by atoms with Crippen LogP contribution in [0.15, 0.2) is 41.7 Å². The van der Waals surface area contributed by atoms with Gasteiger partial charge < -0.3 is 25.2 Å². The average molecular weight is 514 g/mol. The zero-order valence-electron chi connectivity index (χ0n) is 22.1. The normalized spacial score (nSPS) is 18.0. The molecule has 2 aromatic rings.